The van der Waals surface area contributed by atoms with Gasteiger partial charge in [0.15, 0.2) is 10.2 Å². The summed E-state index contributed by atoms with van der Waals surface area (Å²) in [6, 6.07) is 20.8. The third-order valence-corrected chi connectivity index (χ3v) is 5.65. The number of nitrogens with zero attached hydrogens (tertiary/aromatic N) is 3. The molecule has 2 heterocycles. The number of carbonyl (C=O) groups excluding carboxylic acids is 1. The largest absolute Gasteiger partial charge is 0.495 e. The van der Waals surface area contributed by atoms with Gasteiger partial charge in [0.25, 0.3) is 5.91 Å². The normalized spacial score (nSPS) is 11.6. The topological polar surface area (TPSA) is 101 Å². The fourth-order valence-electron chi connectivity index (χ4n) is 3.16. The molecule has 0 radical (unpaired) electrons. The number of hydrogen-bond acceptors (Lipinski definition) is 7. The van der Waals surface area contributed by atoms with E-state index in [1.165, 1.54) is 25.3 Å². The summed E-state index contributed by atoms with van der Waals surface area (Å²) < 4.78 is 51.2. The predicted octanol–water partition coefficient (Wildman–Crippen LogP) is 6.46. The molecule has 2 aromatic carbocycles. The van der Waals surface area contributed by atoms with E-state index in [2.05, 4.69) is 15.3 Å². The molecule has 1 amide bonds. The van der Waals surface area contributed by atoms with Crippen LogP contribution in [-0.2, 0) is 11.0 Å². The molecule has 0 atom stereocenters. The Labute approximate surface area is 213 Å². The lowest BCUT2D eigenvalue weighted by Gasteiger charge is -2.10. The summed E-state index contributed by atoms with van der Waals surface area (Å²) in [5.74, 6) is -0.128. The lowest BCUT2D eigenvalue weighted by atomic mass is 10.1. The quantitative estimate of drug-likeness (QED) is 0.169. The smallest absolute Gasteiger partial charge is 0.433 e. The molecule has 186 valence electrons. The van der Waals surface area contributed by atoms with Gasteiger partial charge in [-0.25, -0.2) is 9.97 Å². The summed E-state index contributed by atoms with van der Waals surface area (Å²) in [5.41, 5.74) is -0.353. The first-order valence-electron chi connectivity index (χ1n) is 10.6. The van der Waals surface area contributed by atoms with Crippen molar-refractivity contribution < 1.29 is 27.1 Å². The third kappa shape index (κ3) is 6.36. The number of anilines is 1. The van der Waals surface area contributed by atoms with Crippen molar-refractivity contribution in [2.75, 3.05) is 12.4 Å². The summed E-state index contributed by atoms with van der Waals surface area (Å²) in [6.07, 6.45) is -3.45. The highest BCUT2D eigenvalue weighted by molar-refractivity contribution is 7.99. The fourth-order valence-corrected chi connectivity index (χ4v) is 3.90. The van der Waals surface area contributed by atoms with Crippen molar-refractivity contribution in [3.8, 4) is 23.1 Å². The van der Waals surface area contributed by atoms with Crippen molar-refractivity contribution in [1.82, 2.24) is 9.97 Å². The minimum Gasteiger partial charge on any atom is -0.495 e. The average molecular weight is 523 g/mol. The Morgan fingerprint density at radius 1 is 1.08 bits per heavy atom. The lowest BCUT2D eigenvalue weighted by molar-refractivity contribution is -0.141. The number of benzene rings is 2. The van der Waals surface area contributed by atoms with Crippen LogP contribution in [0.15, 0.2) is 93.0 Å². The van der Waals surface area contributed by atoms with Crippen molar-refractivity contribution in [2.45, 2.75) is 16.4 Å². The standard InChI is InChI=1S/C26H17F3N4O3S/c1-35-21-10-6-5-9-19(21)31-24(34)17(15-30)13-18-11-12-23(36-18)37-25-32-20(16-7-3-2-4-8-16)14-22(33-25)26(27,28)29/h2-14H,1H3,(H,31,34)/b17-13+. The van der Waals surface area contributed by atoms with E-state index >= 15 is 0 Å². The second kappa shape index (κ2) is 11.0. The van der Waals surface area contributed by atoms with Gasteiger partial charge in [-0.1, -0.05) is 42.5 Å². The Kier molecular flexibility index (Phi) is 7.60. The SMILES string of the molecule is COc1ccccc1NC(=O)/C(C#N)=C/c1ccc(Sc2nc(-c3ccccc3)cc(C(F)(F)F)n2)o1. The number of furan rings is 1. The number of hydrogen-bond donors (Lipinski definition) is 1. The summed E-state index contributed by atoms with van der Waals surface area (Å²) in [4.78, 5) is 20.5. The highest BCUT2D eigenvalue weighted by Gasteiger charge is 2.34. The van der Waals surface area contributed by atoms with E-state index in [1.54, 1.807) is 54.6 Å². The lowest BCUT2D eigenvalue weighted by Crippen LogP contribution is -2.14. The maximum absolute atomic E-state index is 13.5. The Morgan fingerprint density at radius 3 is 2.51 bits per heavy atom. The molecule has 0 aliphatic rings. The number of methoxy groups -OCH3 is 1. The van der Waals surface area contributed by atoms with Crippen LogP contribution in [0.4, 0.5) is 18.9 Å². The van der Waals surface area contributed by atoms with Crippen molar-refractivity contribution in [1.29, 1.82) is 5.26 Å². The van der Waals surface area contributed by atoms with Gasteiger partial charge < -0.3 is 14.5 Å². The number of amides is 1. The molecule has 1 N–H and O–H groups in total. The minimum atomic E-state index is -4.67. The zero-order chi connectivity index (χ0) is 26.4. The van der Waals surface area contributed by atoms with Crippen LogP contribution >= 0.6 is 11.8 Å². The maximum Gasteiger partial charge on any atom is 0.433 e. The van der Waals surface area contributed by atoms with Crippen LogP contribution in [0.2, 0.25) is 0 Å². The van der Waals surface area contributed by atoms with Gasteiger partial charge in [0.1, 0.15) is 28.8 Å². The Bertz CT molecular complexity index is 1490. The number of para-hydroxylation sites is 2. The van der Waals surface area contributed by atoms with Gasteiger partial charge in [0.05, 0.1) is 18.5 Å². The summed E-state index contributed by atoms with van der Waals surface area (Å²) in [7, 11) is 1.45. The number of aromatic nitrogens is 2. The molecule has 0 aliphatic heterocycles. The number of ether oxygens (including phenoxy) is 1. The number of carbonyl (C=O) groups is 1. The molecule has 11 heteroatoms. The van der Waals surface area contributed by atoms with Crippen molar-refractivity contribution in [2.24, 2.45) is 0 Å². The zero-order valence-electron chi connectivity index (χ0n) is 19.1. The van der Waals surface area contributed by atoms with Crippen LogP contribution in [0, 0.1) is 11.3 Å². The highest BCUT2D eigenvalue weighted by atomic mass is 32.2. The molecule has 0 spiro atoms. The summed E-state index contributed by atoms with van der Waals surface area (Å²) >= 11 is 0.780. The Hall–Kier alpha value is -4.56. The van der Waals surface area contributed by atoms with E-state index in [4.69, 9.17) is 9.15 Å². The van der Waals surface area contributed by atoms with Crippen LogP contribution in [0.3, 0.4) is 0 Å². The molecule has 2 aromatic heterocycles. The summed E-state index contributed by atoms with van der Waals surface area (Å²) in [6.45, 7) is 0. The Morgan fingerprint density at radius 2 is 1.81 bits per heavy atom. The number of nitrogens with one attached hydrogen (secondary N) is 1. The average Bonchev–Trinajstić information content (AvgIpc) is 3.34. The zero-order valence-corrected chi connectivity index (χ0v) is 19.9. The molecule has 4 aromatic rings. The van der Waals surface area contributed by atoms with E-state index < -0.39 is 17.8 Å². The van der Waals surface area contributed by atoms with E-state index in [9.17, 15) is 23.2 Å². The van der Waals surface area contributed by atoms with Gasteiger partial charge in [-0.05, 0) is 42.1 Å². The van der Waals surface area contributed by atoms with Crippen molar-refractivity contribution in [3.05, 3.63) is 89.8 Å². The first-order valence-corrected chi connectivity index (χ1v) is 11.4. The molecule has 0 saturated heterocycles. The minimum absolute atomic E-state index is 0.108. The second-order valence-electron chi connectivity index (χ2n) is 7.37. The van der Waals surface area contributed by atoms with Gasteiger partial charge in [0.2, 0.25) is 0 Å². The molecule has 0 unspecified atom stereocenters. The number of nitriles is 1. The van der Waals surface area contributed by atoms with Gasteiger partial charge in [-0.2, -0.15) is 18.4 Å². The van der Waals surface area contributed by atoms with Gasteiger partial charge >= 0.3 is 6.18 Å². The third-order valence-electron chi connectivity index (χ3n) is 4.87. The van der Waals surface area contributed by atoms with Crippen molar-refractivity contribution >= 4 is 29.4 Å². The fraction of sp³-hybridized carbons (Fsp3) is 0.0769. The van der Waals surface area contributed by atoms with E-state index in [1.807, 2.05) is 6.07 Å². The number of halogens is 3. The van der Waals surface area contributed by atoms with Gasteiger partial charge in [0, 0.05) is 11.6 Å². The molecule has 7 nitrogen and oxygen atoms in total. The van der Waals surface area contributed by atoms with Crippen LogP contribution < -0.4 is 10.1 Å². The molecule has 0 fully saturated rings. The monoisotopic (exact) mass is 522 g/mol. The molecule has 37 heavy (non-hydrogen) atoms. The first-order chi connectivity index (χ1) is 17.8. The second-order valence-corrected chi connectivity index (χ2v) is 8.34. The number of alkyl halides is 3. The highest BCUT2D eigenvalue weighted by Crippen LogP contribution is 2.34. The van der Waals surface area contributed by atoms with Crippen LogP contribution in [0.25, 0.3) is 17.3 Å². The molecule has 0 saturated carbocycles. The van der Waals surface area contributed by atoms with Crippen LogP contribution in [0.1, 0.15) is 11.5 Å². The summed E-state index contributed by atoms with van der Waals surface area (Å²) in [5, 5.41) is 12.1. The molecular formula is C26H17F3N4O3S. The molecular weight excluding hydrogens is 505 g/mol. The van der Waals surface area contributed by atoms with Crippen LogP contribution in [-0.4, -0.2) is 23.0 Å². The predicted molar refractivity (Wildman–Crippen MR) is 131 cm³/mol. The van der Waals surface area contributed by atoms with Crippen molar-refractivity contribution in [3.63, 3.8) is 0 Å². The maximum atomic E-state index is 13.5. The first kappa shape index (κ1) is 25.5. The molecule has 0 bridgehead atoms. The molecule has 0 aliphatic carbocycles. The van der Waals surface area contributed by atoms with Gasteiger partial charge in [-0.15, -0.1) is 0 Å². The molecule has 4 rings (SSSR count). The number of rotatable bonds is 7. The van der Waals surface area contributed by atoms with Crippen LogP contribution in [0.5, 0.6) is 5.75 Å². The van der Waals surface area contributed by atoms with E-state index in [-0.39, 0.29) is 27.3 Å². The van der Waals surface area contributed by atoms with Gasteiger partial charge in [-0.3, -0.25) is 4.79 Å². The van der Waals surface area contributed by atoms with E-state index in [0.29, 0.717) is 17.0 Å². The van der Waals surface area contributed by atoms with E-state index in [0.717, 1.165) is 17.8 Å². The Balaban J connectivity index is 1.57.